The lowest BCUT2D eigenvalue weighted by molar-refractivity contribution is -0.726. The van der Waals surface area contributed by atoms with E-state index in [2.05, 4.69) is 0 Å². The number of carbonyl (C=O) groups excluding carboxylic acids is 2. The number of nitrogens with zero attached hydrogens (tertiary/aromatic N) is 1. The van der Waals surface area contributed by atoms with Crippen LogP contribution in [0.4, 0.5) is 0 Å². The van der Waals surface area contributed by atoms with Crippen LogP contribution in [0.1, 0.15) is 30.2 Å². The number of rotatable bonds is 6. The van der Waals surface area contributed by atoms with Gasteiger partial charge in [-0.25, -0.2) is 0 Å². The van der Waals surface area contributed by atoms with E-state index in [-0.39, 0.29) is 22.2 Å². The Bertz CT molecular complexity index is 704. The molecule has 0 saturated carbocycles. The number of ketones is 2. The largest absolute Gasteiger partial charge is 0.417 e. The highest BCUT2D eigenvalue weighted by atomic mass is 32.1. The maximum Gasteiger partial charge on any atom is 0.261 e. The van der Waals surface area contributed by atoms with Gasteiger partial charge >= 0.3 is 0 Å². The summed E-state index contributed by atoms with van der Waals surface area (Å²) in [5, 5.41) is 23.3. The van der Waals surface area contributed by atoms with Gasteiger partial charge in [0.1, 0.15) is 17.5 Å². The highest BCUT2D eigenvalue weighted by Gasteiger charge is 2.41. The van der Waals surface area contributed by atoms with Crippen molar-refractivity contribution in [1.29, 1.82) is 0 Å². The molecule has 1 aromatic heterocycles. The smallest absolute Gasteiger partial charge is 0.261 e. The Kier molecular flexibility index (Phi) is 5.28. The Hall–Kier alpha value is -2.47. The van der Waals surface area contributed by atoms with Crippen molar-refractivity contribution >= 4 is 28.6 Å². The van der Waals surface area contributed by atoms with Crippen molar-refractivity contribution in [3.63, 3.8) is 0 Å². The maximum atomic E-state index is 12.0. The van der Waals surface area contributed by atoms with Gasteiger partial charge < -0.3 is 5.21 Å². The predicted octanol–water partition coefficient (Wildman–Crippen LogP) is 3.01. The molecule has 120 valence electrons. The Labute approximate surface area is 138 Å². The van der Waals surface area contributed by atoms with Crippen LogP contribution in [0, 0.1) is 11.1 Å². The van der Waals surface area contributed by atoms with Crippen LogP contribution in [0.5, 0.6) is 0 Å². The lowest BCUT2D eigenvalue weighted by Gasteiger charge is -2.21. The van der Waals surface area contributed by atoms with E-state index in [9.17, 15) is 20.0 Å². The minimum absolute atomic E-state index is 0.0107. The van der Waals surface area contributed by atoms with Crippen molar-refractivity contribution < 1.29 is 19.7 Å². The number of Topliss-reactive ketones (excluding diaryl/α,β-unsaturated/α-hetero) is 2. The Balaban J connectivity index is 2.68. The highest BCUT2D eigenvalue weighted by Crippen LogP contribution is 2.33. The minimum atomic E-state index is -1.02. The maximum absolute atomic E-state index is 12.0. The summed E-state index contributed by atoms with van der Waals surface area (Å²) in [5.74, 6) is -2.53. The molecule has 0 amide bonds. The zero-order valence-electron chi connectivity index (χ0n) is 12.8. The van der Waals surface area contributed by atoms with Crippen molar-refractivity contribution in [1.82, 2.24) is 0 Å². The zero-order valence-corrected chi connectivity index (χ0v) is 13.6. The summed E-state index contributed by atoms with van der Waals surface area (Å²) in [6, 6.07) is 12.1. The molecule has 0 radical (unpaired) electrons. The molecule has 0 bridgehead atoms. The normalized spacial score (nSPS) is 13.5. The van der Waals surface area contributed by atoms with Crippen molar-refractivity contribution in [2.45, 2.75) is 19.8 Å². The van der Waals surface area contributed by atoms with E-state index in [0.29, 0.717) is 10.4 Å². The third kappa shape index (κ3) is 3.65. The van der Waals surface area contributed by atoms with Gasteiger partial charge in [0.2, 0.25) is 0 Å². The third-order valence-corrected chi connectivity index (χ3v) is 4.58. The van der Waals surface area contributed by atoms with Gasteiger partial charge in [0, 0.05) is 15.3 Å². The zero-order chi connectivity index (χ0) is 17.0. The van der Waals surface area contributed by atoms with Crippen LogP contribution in [0.2, 0.25) is 0 Å². The summed E-state index contributed by atoms with van der Waals surface area (Å²) in [7, 11) is 0. The second-order valence-corrected chi connectivity index (χ2v) is 6.20. The minimum Gasteiger partial charge on any atom is -0.417 e. The molecule has 1 unspecified atom stereocenters. The van der Waals surface area contributed by atoms with E-state index < -0.39 is 11.8 Å². The number of benzene rings is 1. The average molecular weight is 331 g/mol. The van der Waals surface area contributed by atoms with E-state index >= 15 is 0 Å². The molecule has 2 aromatic rings. The highest BCUT2D eigenvalue weighted by molar-refractivity contribution is 7.10. The van der Waals surface area contributed by atoms with E-state index in [0.717, 1.165) is 0 Å². The topological polar surface area (TPSA) is 80.4 Å². The van der Waals surface area contributed by atoms with Crippen LogP contribution in [0.3, 0.4) is 0 Å². The summed E-state index contributed by atoms with van der Waals surface area (Å²) in [6.07, 6.45) is 0. The predicted molar refractivity (Wildman–Crippen MR) is 87.9 cm³/mol. The molecule has 1 aromatic carbocycles. The molecule has 0 spiro atoms. The van der Waals surface area contributed by atoms with Crippen LogP contribution in [0.15, 0.2) is 47.8 Å². The molecule has 6 heteroatoms. The summed E-state index contributed by atoms with van der Waals surface area (Å²) in [6.45, 7) is 2.64. The molecule has 2 rings (SSSR count). The van der Waals surface area contributed by atoms with Gasteiger partial charge in [0.25, 0.3) is 5.71 Å². The molecule has 0 saturated heterocycles. The van der Waals surface area contributed by atoms with Gasteiger partial charge in [-0.1, -0.05) is 24.3 Å². The van der Waals surface area contributed by atoms with Crippen molar-refractivity contribution in [3.8, 4) is 0 Å². The standard InChI is InChI=1S/C17H17NO4S/c1-11(19)15(12(2)20)16(14-9-6-10-23-14)17(18(21)22)13-7-4-3-5-8-13/h3-10,15-16H,1-2H3,(H,21,22). The number of hydrogen-bond acceptors (Lipinski definition) is 5. The van der Waals surface area contributed by atoms with E-state index in [1.165, 1.54) is 25.2 Å². The van der Waals surface area contributed by atoms with Gasteiger partial charge in [0.05, 0.1) is 5.92 Å². The van der Waals surface area contributed by atoms with Crippen LogP contribution < -0.4 is 0 Å². The lowest BCUT2D eigenvalue weighted by Crippen LogP contribution is -2.35. The fraction of sp³-hybridized carbons (Fsp3) is 0.235. The molecule has 0 aliphatic carbocycles. The Morgan fingerprint density at radius 3 is 2.13 bits per heavy atom. The van der Waals surface area contributed by atoms with Crippen LogP contribution in [-0.2, 0) is 9.59 Å². The quantitative estimate of drug-likeness (QED) is 0.290. The third-order valence-electron chi connectivity index (χ3n) is 3.63. The van der Waals surface area contributed by atoms with Crippen LogP contribution in [0.25, 0.3) is 0 Å². The first-order valence-electron chi connectivity index (χ1n) is 7.06. The monoisotopic (exact) mass is 331 g/mol. The van der Waals surface area contributed by atoms with Crippen LogP contribution >= 0.6 is 11.3 Å². The summed E-state index contributed by atoms with van der Waals surface area (Å²) < 4.78 is 0. The summed E-state index contributed by atoms with van der Waals surface area (Å²) in [5.41, 5.74) is 0.458. The number of hydrogen-bond donors (Lipinski definition) is 1. The second kappa shape index (κ2) is 7.19. The van der Waals surface area contributed by atoms with E-state index in [4.69, 9.17) is 0 Å². The Morgan fingerprint density at radius 2 is 1.70 bits per heavy atom. The van der Waals surface area contributed by atoms with Crippen molar-refractivity contribution in [2.75, 3.05) is 0 Å². The molecule has 0 fully saturated rings. The molecule has 23 heavy (non-hydrogen) atoms. The first-order chi connectivity index (χ1) is 10.9. The summed E-state index contributed by atoms with van der Waals surface area (Å²) >= 11 is 1.33. The first kappa shape index (κ1) is 16.9. The fourth-order valence-corrected chi connectivity index (χ4v) is 3.56. The van der Waals surface area contributed by atoms with Gasteiger partial charge in [-0.15, -0.1) is 11.3 Å². The van der Waals surface area contributed by atoms with Gasteiger partial charge in [-0.3, -0.25) is 14.8 Å². The first-order valence-corrected chi connectivity index (χ1v) is 7.94. The van der Waals surface area contributed by atoms with Crippen molar-refractivity contribution in [2.24, 2.45) is 5.92 Å². The second-order valence-electron chi connectivity index (χ2n) is 5.22. The van der Waals surface area contributed by atoms with Crippen LogP contribution in [-0.4, -0.2) is 27.4 Å². The molecule has 1 atom stereocenters. The average Bonchev–Trinajstić information content (AvgIpc) is 3.00. The molecule has 1 heterocycles. The number of thiophene rings is 1. The molecular weight excluding hydrogens is 314 g/mol. The number of carbonyl (C=O) groups is 2. The molecule has 0 aliphatic heterocycles. The fourth-order valence-electron chi connectivity index (χ4n) is 2.70. The SMILES string of the molecule is CC(=O)C(C(C)=O)C(/C(c1ccccc1)=[N+](/[O-])O)c1cccs1. The Morgan fingerprint density at radius 1 is 1.09 bits per heavy atom. The van der Waals surface area contributed by atoms with E-state index in [1.54, 1.807) is 47.8 Å². The molecular formula is C17H17NO4S. The van der Waals surface area contributed by atoms with Gasteiger partial charge in [-0.2, -0.15) is 0 Å². The van der Waals surface area contributed by atoms with E-state index in [1.807, 2.05) is 0 Å². The van der Waals surface area contributed by atoms with Gasteiger partial charge in [0.15, 0.2) is 0 Å². The summed E-state index contributed by atoms with van der Waals surface area (Å²) in [4.78, 5) is 24.5. The van der Waals surface area contributed by atoms with Crippen molar-refractivity contribution in [3.05, 3.63) is 63.5 Å². The molecule has 1 N–H and O–H groups in total. The lowest BCUT2D eigenvalue weighted by atomic mass is 9.79. The molecule has 0 aliphatic rings. The molecule has 5 nitrogen and oxygen atoms in total. The van der Waals surface area contributed by atoms with Gasteiger partial charge in [-0.05, 0) is 37.4 Å².